The highest BCUT2D eigenvalue weighted by molar-refractivity contribution is 7.13. The highest BCUT2D eigenvalue weighted by atomic mass is 32.1. The van der Waals surface area contributed by atoms with Crippen LogP contribution in [0.3, 0.4) is 0 Å². The average molecular weight is 302 g/mol. The number of nitrogens with zero attached hydrogens (tertiary/aromatic N) is 2. The Labute approximate surface area is 130 Å². The fourth-order valence-electron chi connectivity index (χ4n) is 3.12. The molecular formula is C17H22N2OS. The predicted molar refractivity (Wildman–Crippen MR) is 87.3 cm³/mol. The molecule has 1 fully saturated rings. The monoisotopic (exact) mass is 302 g/mol. The molecule has 112 valence electrons. The van der Waals surface area contributed by atoms with E-state index in [1.807, 2.05) is 18.2 Å². The van der Waals surface area contributed by atoms with Crippen LogP contribution >= 0.6 is 11.3 Å². The Balaban J connectivity index is 1.62. The third-order valence-corrected chi connectivity index (χ3v) is 5.04. The summed E-state index contributed by atoms with van der Waals surface area (Å²) in [6.07, 6.45) is 4.17. The largest absolute Gasteiger partial charge is 0.389 e. The number of benzene rings is 1. The van der Waals surface area contributed by atoms with Gasteiger partial charge in [-0.1, -0.05) is 43.2 Å². The Morgan fingerprint density at radius 2 is 1.95 bits per heavy atom. The summed E-state index contributed by atoms with van der Waals surface area (Å²) in [6.45, 7) is 1.54. The molecule has 3 rings (SSSR count). The van der Waals surface area contributed by atoms with Crippen molar-refractivity contribution in [2.75, 3.05) is 13.6 Å². The minimum atomic E-state index is -0.479. The predicted octanol–water partition coefficient (Wildman–Crippen LogP) is 3.55. The topological polar surface area (TPSA) is 36.4 Å². The number of rotatable bonds is 5. The van der Waals surface area contributed by atoms with Crippen molar-refractivity contribution in [1.29, 1.82) is 0 Å². The van der Waals surface area contributed by atoms with Gasteiger partial charge in [-0.05, 0) is 19.9 Å². The van der Waals surface area contributed by atoms with Gasteiger partial charge in [0, 0.05) is 24.0 Å². The second kappa shape index (κ2) is 6.26. The molecule has 1 N–H and O–H groups in total. The number of likely N-dealkylation sites (N-methyl/N-ethyl adjacent to an activating group) is 1. The van der Waals surface area contributed by atoms with Gasteiger partial charge < -0.3 is 5.11 Å². The summed E-state index contributed by atoms with van der Waals surface area (Å²) in [7, 11) is 2.07. The van der Waals surface area contributed by atoms with Crippen LogP contribution in [-0.2, 0) is 6.54 Å². The first-order chi connectivity index (χ1) is 10.1. The molecule has 1 saturated carbocycles. The number of hydrogen-bond acceptors (Lipinski definition) is 4. The molecule has 0 atom stereocenters. The van der Waals surface area contributed by atoms with Crippen molar-refractivity contribution in [3.63, 3.8) is 0 Å². The summed E-state index contributed by atoms with van der Waals surface area (Å²) in [4.78, 5) is 6.90. The molecule has 3 nitrogen and oxygen atoms in total. The molecular weight excluding hydrogens is 280 g/mol. The molecule has 1 aliphatic rings. The smallest absolute Gasteiger partial charge is 0.123 e. The third kappa shape index (κ3) is 3.70. The molecule has 0 radical (unpaired) electrons. The van der Waals surface area contributed by atoms with Crippen molar-refractivity contribution in [2.24, 2.45) is 0 Å². The zero-order chi connectivity index (χ0) is 14.7. The minimum absolute atomic E-state index is 0.479. The van der Waals surface area contributed by atoms with Crippen LogP contribution in [0.1, 0.15) is 31.4 Å². The second-order valence-corrected chi connectivity index (χ2v) is 6.97. The van der Waals surface area contributed by atoms with Crippen LogP contribution < -0.4 is 0 Å². The lowest BCUT2D eigenvalue weighted by Crippen LogP contribution is -2.38. The van der Waals surface area contributed by atoms with E-state index in [-0.39, 0.29) is 0 Å². The van der Waals surface area contributed by atoms with Gasteiger partial charge in [0.1, 0.15) is 5.01 Å². The van der Waals surface area contributed by atoms with Gasteiger partial charge in [0.25, 0.3) is 0 Å². The Bertz CT molecular complexity index is 575. The van der Waals surface area contributed by atoms with Crippen LogP contribution in [0.2, 0.25) is 0 Å². The normalized spacial score (nSPS) is 17.5. The maximum atomic E-state index is 10.5. The first-order valence-electron chi connectivity index (χ1n) is 7.55. The van der Waals surface area contributed by atoms with Gasteiger partial charge in [0.2, 0.25) is 0 Å². The van der Waals surface area contributed by atoms with Crippen molar-refractivity contribution < 1.29 is 5.11 Å². The van der Waals surface area contributed by atoms with E-state index in [9.17, 15) is 5.11 Å². The molecule has 1 aliphatic carbocycles. The molecule has 0 unspecified atom stereocenters. The van der Waals surface area contributed by atoms with E-state index < -0.39 is 5.60 Å². The molecule has 2 aromatic rings. The van der Waals surface area contributed by atoms with Gasteiger partial charge in [0.05, 0.1) is 11.3 Å². The van der Waals surface area contributed by atoms with Gasteiger partial charge in [-0.15, -0.1) is 11.3 Å². The number of aromatic nitrogens is 1. The molecule has 1 aromatic heterocycles. The van der Waals surface area contributed by atoms with Gasteiger partial charge in [-0.3, -0.25) is 4.90 Å². The van der Waals surface area contributed by atoms with Crippen molar-refractivity contribution in [3.05, 3.63) is 41.4 Å². The van der Waals surface area contributed by atoms with Crippen LogP contribution in [0.5, 0.6) is 0 Å². The van der Waals surface area contributed by atoms with E-state index in [1.165, 1.54) is 5.56 Å². The molecule has 4 heteroatoms. The van der Waals surface area contributed by atoms with E-state index in [0.29, 0.717) is 0 Å². The number of hydrogen-bond donors (Lipinski definition) is 1. The molecule has 1 aromatic carbocycles. The fourth-order valence-corrected chi connectivity index (χ4v) is 3.94. The number of thiazole rings is 1. The number of aliphatic hydroxyl groups is 1. The Morgan fingerprint density at radius 1 is 1.24 bits per heavy atom. The Hall–Kier alpha value is -1.23. The van der Waals surface area contributed by atoms with Crippen molar-refractivity contribution in [3.8, 4) is 10.6 Å². The summed E-state index contributed by atoms with van der Waals surface area (Å²) in [5.74, 6) is 0. The summed E-state index contributed by atoms with van der Waals surface area (Å²) in [6, 6.07) is 10.3. The quantitative estimate of drug-likeness (QED) is 0.917. The standard InChI is InChI=1S/C17H22N2OS/c1-19(13-17(20)9-5-6-10-17)11-15-12-21-16(18-15)14-7-3-2-4-8-14/h2-4,7-8,12,20H,5-6,9-11,13H2,1H3. The van der Waals surface area contributed by atoms with Crippen molar-refractivity contribution >= 4 is 11.3 Å². The first kappa shape index (κ1) is 14.7. The molecule has 0 bridgehead atoms. The Kier molecular flexibility index (Phi) is 4.38. The lowest BCUT2D eigenvalue weighted by Gasteiger charge is -2.28. The average Bonchev–Trinajstić information content (AvgIpc) is 3.09. The SMILES string of the molecule is CN(Cc1csc(-c2ccccc2)n1)CC1(O)CCCC1. The lowest BCUT2D eigenvalue weighted by molar-refractivity contribution is 0.0143. The highest BCUT2D eigenvalue weighted by Crippen LogP contribution is 2.30. The van der Waals surface area contributed by atoms with Crippen LogP contribution in [0.4, 0.5) is 0 Å². The molecule has 0 amide bonds. The van der Waals surface area contributed by atoms with Crippen molar-refractivity contribution in [2.45, 2.75) is 37.8 Å². The van der Waals surface area contributed by atoms with Crippen LogP contribution in [0.15, 0.2) is 35.7 Å². The molecule has 0 saturated heterocycles. The summed E-state index contributed by atoms with van der Waals surface area (Å²) in [5.41, 5.74) is 1.78. The van der Waals surface area contributed by atoms with Gasteiger partial charge in [-0.2, -0.15) is 0 Å². The maximum absolute atomic E-state index is 10.5. The summed E-state index contributed by atoms with van der Waals surface area (Å²) in [5, 5.41) is 13.7. The van der Waals surface area contributed by atoms with E-state index in [4.69, 9.17) is 4.98 Å². The lowest BCUT2D eigenvalue weighted by atomic mass is 10.0. The molecule has 0 spiro atoms. The molecule has 21 heavy (non-hydrogen) atoms. The van der Waals surface area contributed by atoms with E-state index in [2.05, 4.69) is 29.5 Å². The van der Waals surface area contributed by atoms with Gasteiger partial charge in [0.15, 0.2) is 0 Å². The van der Waals surface area contributed by atoms with Crippen LogP contribution in [-0.4, -0.2) is 34.2 Å². The Morgan fingerprint density at radius 3 is 2.67 bits per heavy atom. The van der Waals surface area contributed by atoms with Gasteiger partial charge >= 0.3 is 0 Å². The van der Waals surface area contributed by atoms with Crippen LogP contribution in [0, 0.1) is 0 Å². The second-order valence-electron chi connectivity index (χ2n) is 6.11. The molecule has 0 aliphatic heterocycles. The van der Waals surface area contributed by atoms with E-state index >= 15 is 0 Å². The van der Waals surface area contributed by atoms with E-state index in [1.54, 1.807) is 11.3 Å². The maximum Gasteiger partial charge on any atom is 0.123 e. The zero-order valence-corrected chi connectivity index (χ0v) is 13.3. The first-order valence-corrected chi connectivity index (χ1v) is 8.43. The fraction of sp³-hybridized carbons (Fsp3) is 0.471. The van der Waals surface area contributed by atoms with E-state index in [0.717, 1.165) is 49.5 Å². The highest BCUT2D eigenvalue weighted by Gasteiger charge is 2.32. The van der Waals surface area contributed by atoms with Crippen molar-refractivity contribution in [1.82, 2.24) is 9.88 Å². The molecule has 1 heterocycles. The summed E-state index contributed by atoms with van der Waals surface area (Å²) < 4.78 is 0. The van der Waals surface area contributed by atoms with Gasteiger partial charge in [-0.25, -0.2) is 4.98 Å². The third-order valence-electron chi connectivity index (χ3n) is 4.10. The van der Waals surface area contributed by atoms with Crippen LogP contribution in [0.25, 0.3) is 10.6 Å². The minimum Gasteiger partial charge on any atom is -0.389 e. The summed E-state index contributed by atoms with van der Waals surface area (Å²) >= 11 is 1.69. The zero-order valence-electron chi connectivity index (χ0n) is 12.5.